The average molecular weight is 550 g/mol. The molecule has 206 valence electrons. The first-order valence-electron chi connectivity index (χ1n) is 11.9. The summed E-state index contributed by atoms with van der Waals surface area (Å²) in [6, 6.07) is 17.9. The minimum absolute atomic E-state index is 0.128. The summed E-state index contributed by atoms with van der Waals surface area (Å²) >= 11 is 0. The van der Waals surface area contributed by atoms with Crippen LogP contribution in [0.2, 0.25) is 0 Å². The van der Waals surface area contributed by atoms with E-state index in [-0.39, 0.29) is 13.2 Å². The van der Waals surface area contributed by atoms with Crippen LogP contribution in [0.15, 0.2) is 60.7 Å². The Morgan fingerprint density at radius 1 is 0.711 bits per heavy atom. The molecular weight excluding hydrogens is 519 g/mol. The van der Waals surface area contributed by atoms with Gasteiger partial charge in [0.2, 0.25) is 6.29 Å². The molecule has 5 atom stereocenters. The normalized spacial score (nSPS) is 23.3. The van der Waals surface area contributed by atoms with Crippen molar-refractivity contribution in [2.75, 3.05) is 0 Å². The van der Waals surface area contributed by atoms with E-state index < -0.39 is 56.4 Å². The highest BCUT2D eigenvalue weighted by Crippen LogP contribution is 2.53. The van der Waals surface area contributed by atoms with Gasteiger partial charge in [0, 0.05) is 20.8 Å². The quantitative estimate of drug-likeness (QED) is 0.228. The smallest absolute Gasteiger partial charge is 0.456 e. The maximum atomic E-state index is 13.9. The summed E-state index contributed by atoms with van der Waals surface area (Å²) in [6.45, 7) is 4.71. The topological polar surface area (TPSA) is 133 Å². The van der Waals surface area contributed by atoms with Crippen LogP contribution in [0.1, 0.15) is 38.8 Å². The second kappa shape index (κ2) is 13.6. The van der Waals surface area contributed by atoms with Gasteiger partial charge in [0.15, 0.2) is 18.3 Å². The Kier molecular flexibility index (Phi) is 10.6. The summed E-state index contributed by atoms with van der Waals surface area (Å²) in [7, 11) is -4.40. The van der Waals surface area contributed by atoms with Crippen molar-refractivity contribution >= 4 is 25.7 Å². The lowest BCUT2D eigenvalue weighted by molar-refractivity contribution is -0.284. The SMILES string of the molecule is CC(=O)O[C@H]1[C@@H](OC(C)=O)[C@H](C)O[C@@H](OP(=O)(OCc2ccccc2)OCc2ccccc2)[C@@H]1OC(C)=O. The molecule has 0 spiro atoms. The molecule has 0 saturated carbocycles. The van der Waals surface area contributed by atoms with Gasteiger partial charge in [-0.05, 0) is 18.1 Å². The third-order valence-corrected chi connectivity index (χ3v) is 6.69. The van der Waals surface area contributed by atoms with Crippen molar-refractivity contribution in [3.05, 3.63) is 71.8 Å². The number of benzene rings is 2. The van der Waals surface area contributed by atoms with E-state index in [2.05, 4.69) is 0 Å². The van der Waals surface area contributed by atoms with Crippen LogP contribution in [0.3, 0.4) is 0 Å². The highest BCUT2D eigenvalue weighted by Gasteiger charge is 2.53. The molecular formula is C26H31O11P. The summed E-state index contributed by atoms with van der Waals surface area (Å²) < 4.78 is 52.7. The second-order valence-corrected chi connectivity index (χ2v) is 10.1. The Hall–Kier alpha value is -3.08. The molecule has 12 heteroatoms. The second-order valence-electron chi connectivity index (χ2n) is 8.50. The van der Waals surface area contributed by atoms with Crippen LogP contribution in [0, 0.1) is 0 Å². The molecule has 0 aromatic heterocycles. The number of hydrogen-bond acceptors (Lipinski definition) is 11. The molecule has 2 aromatic rings. The third-order valence-electron chi connectivity index (χ3n) is 5.33. The molecule has 0 N–H and O–H groups in total. The first-order valence-corrected chi connectivity index (χ1v) is 13.3. The zero-order valence-electron chi connectivity index (χ0n) is 21.5. The van der Waals surface area contributed by atoms with Gasteiger partial charge in [-0.3, -0.25) is 28.0 Å². The molecule has 0 radical (unpaired) electrons. The minimum Gasteiger partial charge on any atom is -0.456 e. The van der Waals surface area contributed by atoms with E-state index in [1.165, 1.54) is 13.8 Å². The number of hydrogen-bond donors (Lipinski definition) is 0. The average Bonchev–Trinajstić information content (AvgIpc) is 2.87. The van der Waals surface area contributed by atoms with Crippen LogP contribution in [0.25, 0.3) is 0 Å². The lowest BCUT2D eigenvalue weighted by Gasteiger charge is -2.43. The molecule has 0 unspecified atom stereocenters. The molecule has 11 nitrogen and oxygen atoms in total. The molecule has 1 fully saturated rings. The summed E-state index contributed by atoms with van der Waals surface area (Å²) in [5.41, 5.74) is 1.39. The number of rotatable bonds is 11. The Balaban J connectivity index is 1.90. The fraction of sp³-hybridized carbons (Fsp3) is 0.423. The van der Waals surface area contributed by atoms with Crippen LogP contribution >= 0.6 is 7.82 Å². The maximum absolute atomic E-state index is 13.9. The molecule has 1 saturated heterocycles. The van der Waals surface area contributed by atoms with Gasteiger partial charge in [0.1, 0.15) is 0 Å². The zero-order valence-corrected chi connectivity index (χ0v) is 22.4. The Bertz CT molecular complexity index is 1080. The number of esters is 3. The van der Waals surface area contributed by atoms with Crippen molar-refractivity contribution < 1.29 is 51.5 Å². The van der Waals surface area contributed by atoms with Gasteiger partial charge in [-0.25, -0.2) is 4.57 Å². The van der Waals surface area contributed by atoms with Gasteiger partial charge in [0.25, 0.3) is 0 Å². The van der Waals surface area contributed by atoms with Gasteiger partial charge in [-0.1, -0.05) is 60.7 Å². The molecule has 2 aromatic carbocycles. The molecule has 1 aliphatic heterocycles. The standard InChI is InChI=1S/C26H31O11P/c1-17-23(34-18(2)27)24(35-19(3)28)25(36-20(4)29)26(33-17)37-38(30,31-15-21-11-7-5-8-12-21)32-16-22-13-9-6-10-14-22/h5-14,17,23-26H,15-16H2,1-4H3/t17-,23-,24-,25+,26-/m0/s1. The lowest BCUT2D eigenvalue weighted by Crippen LogP contribution is -2.61. The number of phosphoric acid groups is 1. The van der Waals surface area contributed by atoms with E-state index in [9.17, 15) is 18.9 Å². The highest BCUT2D eigenvalue weighted by atomic mass is 31.2. The van der Waals surface area contributed by atoms with Gasteiger partial charge < -0.3 is 18.9 Å². The Labute approximate surface area is 220 Å². The predicted octanol–water partition coefficient (Wildman–Crippen LogP) is 4.08. The van der Waals surface area contributed by atoms with Crippen molar-refractivity contribution in [3.8, 4) is 0 Å². The van der Waals surface area contributed by atoms with Gasteiger partial charge in [-0.2, -0.15) is 0 Å². The van der Waals surface area contributed by atoms with E-state index in [4.69, 9.17) is 32.5 Å². The zero-order chi connectivity index (χ0) is 27.7. The summed E-state index contributed by atoms with van der Waals surface area (Å²) in [6.07, 6.45) is -6.42. The van der Waals surface area contributed by atoms with Gasteiger partial charge in [-0.15, -0.1) is 0 Å². The first kappa shape index (κ1) is 29.5. The van der Waals surface area contributed by atoms with Crippen LogP contribution in [0.4, 0.5) is 0 Å². The fourth-order valence-electron chi connectivity index (χ4n) is 3.74. The minimum atomic E-state index is -4.40. The summed E-state index contributed by atoms with van der Waals surface area (Å²) in [4.78, 5) is 35.6. The molecule has 0 aliphatic carbocycles. The van der Waals surface area contributed by atoms with Crippen molar-refractivity contribution in [2.45, 2.75) is 71.6 Å². The fourth-order valence-corrected chi connectivity index (χ4v) is 4.97. The highest BCUT2D eigenvalue weighted by molar-refractivity contribution is 7.48. The molecule has 1 aliphatic rings. The molecule has 0 amide bonds. The maximum Gasteiger partial charge on any atom is 0.477 e. The predicted molar refractivity (Wildman–Crippen MR) is 132 cm³/mol. The molecule has 38 heavy (non-hydrogen) atoms. The molecule has 3 rings (SSSR count). The van der Waals surface area contributed by atoms with Crippen molar-refractivity contribution in [1.29, 1.82) is 0 Å². The van der Waals surface area contributed by atoms with Crippen molar-refractivity contribution in [3.63, 3.8) is 0 Å². The number of carbonyl (C=O) groups excluding carboxylic acids is 3. The van der Waals surface area contributed by atoms with Crippen LogP contribution in [0.5, 0.6) is 0 Å². The number of phosphoric ester groups is 1. The van der Waals surface area contributed by atoms with E-state index >= 15 is 0 Å². The van der Waals surface area contributed by atoms with E-state index in [0.29, 0.717) is 11.1 Å². The largest absolute Gasteiger partial charge is 0.477 e. The number of carbonyl (C=O) groups is 3. The first-order chi connectivity index (χ1) is 18.1. The Morgan fingerprint density at radius 2 is 1.13 bits per heavy atom. The van der Waals surface area contributed by atoms with E-state index in [1.54, 1.807) is 48.5 Å². The monoisotopic (exact) mass is 550 g/mol. The summed E-state index contributed by atoms with van der Waals surface area (Å²) in [5.74, 6) is -2.18. The van der Waals surface area contributed by atoms with Crippen molar-refractivity contribution in [1.82, 2.24) is 0 Å². The summed E-state index contributed by atoms with van der Waals surface area (Å²) in [5, 5.41) is 0. The van der Waals surface area contributed by atoms with Gasteiger partial charge in [0.05, 0.1) is 19.3 Å². The van der Waals surface area contributed by atoms with Gasteiger partial charge >= 0.3 is 25.7 Å². The van der Waals surface area contributed by atoms with Crippen molar-refractivity contribution in [2.24, 2.45) is 0 Å². The number of ether oxygens (including phenoxy) is 4. The molecule has 0 bridgehead atoms. The van der Waals surface area contributed by atoms with E-state index in [0.717, 1.165) is 13.8 Å². The van der Waals surface area contributed by atoms with E-state index in [1.807, 2.05) is 12.1 Å². The van der Waals surface area contributed by atoms with Crippen LogP contribution in [-0.2, 0) is 64.7 Å². The van der Waals surface area contributed by atoms with Crippen LogP contribution < -0.4 is 0 Å². The lowest BCUT2D eigenvalue weighted by atomic mass is 9.99. The van der Waals surface area contributed by atoms with Crippen LogP contribution in [-0.4, -0.2) is 48.6 Å². The Morgan fingerprint density at radius 3 is 1.58 bits per heavy atom. The molecule has 1 heterocycles. The third kappa shape index (κ3) is 8.75.